The number of aryl methyl sites for hydroxylation is 1. The molecule has 20 heavy (non-hydrogen) atoms. The molecule has 0 atom stereocenters. The third-order valence-corrected chi connectivity index (χ3v) is 3.30. The van der Waals surface area contributed by atoms with Crippen LogP contribution < -0.4 is 0 Å². The molecule has 0 saturated carbocycles. The van der Waals surface area contributed by atoms with Gasteiger partial charge in [-0.1, -0.05) is 48.2 Å². The number of ketones is 1. The fourth-order valence-corrected chi connectivity index (χ4v) is 2.08. The van der Waals surface area contributed by atoms with Crippen LogP contribution in [0.15, 0.2) is 42.5 Å². The number of hydrogen-bond donors (Lipinski definition) is 1. The van der Waals surface area contributed by atoms with Gasteiger partial charge in [0.1, 0.15) is 6.61 Å². The van der Waals surface area contributed by atoms with E-state index in [4.69, 9.17) is 5.11 Å². The highest BCUT2D eigenvalue weighted by Crippen LogP contribution is 2.21. The zero-order valence-corrected chi connectivity index (χ0v) is 11.6. The number of aliphatic hydroxyl groups is 1. The van der Waals surface area contributed by atoms with Crippen molar-refractivity contribution in [3.8, 4) is 11.8 Å². The van der Waals surface area contributed by atoms with E-state index in [1.54, 1.807) is 12.1 Å². The van der Waals surface area contributed by atoms with Crippen LogP contribution in [0, 0.1) is 25.7 Å². The SMILES string of the molecule is Cc1ccc(C#CCO)c(C(=O)c2ccccc2)c1C. The van der Waals surface area contributed by atoms with E-state index in [1.165, 1.54) is 0 Å². The predicted molar refractivity (Wildman–Crippen MR) is 79.8 cm³/mol. The minimum atomic E-state index is -0.216. The summed E-state index contributed by atoms with van der Waals surface area (Å²) in [5, 5.41) is 8.84. The minimum absolute atomic E-state index is 0.0333. The van der Waals surface area contributed by atoms with Crippen LogP contribution in [0.2, 0.25) is 0 Å². The lowest BCUT2D eigenvalue weighted by Gasteiger charge is -2.10. The normalized spacial score (nSPS) is 9.75. The Bertz CT molecular complexity index is 689. The number of carbonyl (C=O) groups excluding carboxylic acids is 1. The maximum Gasteiger partial charge on any atom is 0.194 e. The first-order valence-electron chi connectivity index (χ1n) is 6.45. The van der Waals surface area contributed by atoms with Crippen LogP contribution in [-0.2, 0) is 0 Å². The molecule has 0 aliphatic heterocycles. The minimum Gasteiger partial charge on any atom is -0.384 e. The highest BCUT2D eigenvalue weighted by molar-refractivity contribution is 6.11. The number of hydrogen-bond acceptors (Lipinski definition) is 2. The molecule has 2 heteroatoms. The van der Waals surface area contributed by atoms with E-state index in [0.29, 0.717) is 16.7 Å². The van der Waals surface area contributed by atoms with Crippen LogP contribution in [0.4, 0.5) is 0 Å². The molecule has 2 aromatic carbocycles. The second-order valence-electron chi connectivity index (χ2n) is 4.59. The van der Waals surface area contributed by atoms with Gasteiger partial charge >= 0.3 is 0 Å². The van der Waals surface area contributed by atoms with Gasteiger partial charge in [-0.25, -0.2) is 0 Å². The number of carbonyl (C=O) groups is 1. The van der Waals surface area contributed by atoms with Crippen molar-refractivity contribution in [2.24, 2.45) is 0 Å². The summed E-state index contributed by atoms with van der Waals surface area (Å²) in [5.74, 6) is 5.44. The summed E-state index contributed by atoms with van der Waals surface area (Å²) in [6.07, 6.45) is 0. The van der Waals surface area contributed by atoms with Crippen molar-refractivity contribution < 1.29 is 9.90 Å². The molecule has 0 spiro atoms. The zero-order valence-electron chi connectivity index (χ0n) is 11.6. The molecule has 0 aliphatic carbocycles. The average molecular weight is 264 g/mol. The monoisotopic (exact) mass is 264 g/mol. The second kappa shape index (κ2) is 6.18. The fraction of sp³-hybridized carbons (Fsp3) is 0.167. The Morgan fingerprint density at radius 3 is 2.45 bits per heavy atom. The van der Waals surface area contributed by atoms with Crippen LogP contribution in [0.3, 0.4) is 0 Å². The van der Waals surface area contributed by atoms with Gasteiger partial charge in [0.15, 0.2) is 5.78 Å². The molecular weight excluding hydrogens is 248 g/mol. The molecule has 0 heterocycles. The number of aliphatic hydroxyl groups excluding tert-OH is 1. The Balaban J connectivity index is 2.60. The van der Waals surface area contributed by atoms with E-state index in [2.05, 4.69) is 11.8 Å². The predicted octanol–water partition coefficient (Wildman–Crippen LogP) is 2.88. The molecule has 2 nitrogen and oxygen atoms in total. The van der Waals surface area contributed by atoms with Crippen LogP contribution in [0.1, 0.15) is 32.6 Å². The Kier molecular flexibility index (Phi) is 4.34. The van der Waals surface area contributed by atoms with Crippen molar-refractivity contribution in [1.29, 1.82) is 0 Å². The van der Waals surface area contributed by atoms with Crippen molar-refractivity contribution in [3.05, 3.63) is 70.3 Å². The van der Waals surface area contributed by atoms with Gasteiger partial charge in [0.05, 0.1) is 0 Å². The molecule has 0 fully saturated rings. The van der Waals surface area contributed by atoms with Gasteiger partial charge in [-0.15, -0.1) is 0 Å². The van der Waals surface area contributed by atoms with E-state index >= 15 is 0 Å². The summed E-state index contributed by atoms with van der Waals surface area (Å²) in [5.41, 5.74) is 3.92. The zero-order chi connectivity index (χ0) is 14.5. The molecule has 0 bridgehead atoms. The van der Waals surface area contributed by atoms with Crippen molar-refractivity contribution in [3.63, 3.8) is 0 Å². The average Bonchev–Trinajstić information content (AvgIpc) is 2.48. The van der Waals surface area contributed by atoms with Gasteiger partial charge in [0.2, 0.25) is 0 Å². The van der Waals surface area contributed by atoms with Gasteiger partial charge < -0.3 is 5.11 Å². The topological polar surface area (TPSA) is 37.3 Å². The van der Waals surface area contributed by atoms with Gasteiger partial charge in [0.25, 0.3) is 0 Å². The second-order valence-corrected chi connectivity index (χ2v) is 4.59. The largest absolute Gasteiger partial charge is 0.384 e. The van der Waals surface area contributed by atoms with E-state index in [0.717, 1.165) is 11.1 Å². The maximum atomic E-state index is 12.7. The first kappa shape index (κ1) is 14.0. The summed E-state index contributed by atoms with van der Waals surface area (Å²) in [6.45, 7) is 3.68. The molecule has 100 valence electrons. The quantitative estimate of drug-likeness (QED) is 0.669. The molecule has 1 N–H and O–H groups in total. The van der Waals surface area contributed by atoms with E-state index < -0.39 is 0 Å². The molecule has 0 aromatic heterocycles. The van der Waals surface area contributed by atoms with Crippen molar-refractivity contribution in [1.82, 2.24) is 0 Å². The lowest BCUT2D eigenvalue weighted by atomic mass is 9.91. The summed E-state index contributed by atoms with van der Waals surface area (Å²) in [7, 11) is 0. The Morgan fingerprint density at radius 2 is 1.80 bits per heavy atom. The first-order chi connectivity index (χ1) is 9.65. The Labute approximate surface area is 119 Å². The van der Waals surface area contributed by atoms with E-state index in [-0.39, 0.29) is 12.4 Å². The lowest BCUT2D eigenvalue weighted by Crippen LogP contribution is -2.07. The number of rotatable bonds is 2. The Morgan fingerprint density at radius 1 is 1.10 bits per heavy atom. The van der Waals surface area contributed by atoms with Crippen molar-refractivity contribution in [2.45, 2.75) is 13.8 Å². The molecule has 2 aromatic rings. The van der Waals surface area contributed by atoms with E-state index in [1.807, 2.05) is 44.2 Å². The Hall–Kier alpha value is -2.37. The maximum absolute atomic E-state index is 12.7. The highest BCUT2D eigenvalue weighted by atomic mass is 16.2. The van der Waals surface area contributed by atoms with Gasteiger partial charge in [0, 0.05) is 16.7 Å². The fourth-order valence-electron chi connectivity index (χ4n) is 2.08. The molecule has 0 unspecified atom stereocenters. The van der Waals surface area contributed by atoms with Crippen LogP contribution in [0.25, 0.3) is 0 Å². The third kappa shape index (κ3) is 2.79. The number of benzene rings is 2. The lowest BCUT2D eigenvalue weighted by molar-refractivity contribution is 0.103. The molecule has 0 amide bonds. The standard InChI is InChI=1S/C18H16O2/c1-13-10-11-15(9-6-12-19)17(14(13)2)18(20)16-7-4-3-5-8-16/h3-5,7-8,10-11,19H,12H2,1-2H3. The summed E-state index contributed by atoms with van der Waals surface area (Å²) in [4.78, 5) is 12.7. The van der Waals surface area contributed by atoms with Crippen LogP contribution in [-0.4, -0.2) is 17.5 Å². The third-order valence-electron chi connectivity index (χ3n) is 3.30. The first-order valence-corrected chi connectivity index (χ1v) is 6.45. The van der Waals surface area contributed by atoms with Crippen molar-refractivity contribution >= 4 is 5.78 Å². The molecule has 0 aliphatic rings. The van der Waals surface area contributed by atoms with Gasteiger partial charge in [-0.3, -0.25) is 4.79 Å². The van der Waals surface area contributed by atoms with Gasteiger partial charge in [-0.2, -0.15) is 0 Å². The summed E-state index contributed by atoms with van der Waals surface area (Å²) < 4.78 is 0. The molecular formula is C18H16O2. The van der Waals surface area contributed by atoms with Crippen LogP contribution >= 0.6 is 0 Å². The molecule has 0 saturated heterocycles. The van der Waals surface area contributed by atoms with Crippen molar-refractivity contribution in [2.75, 3.05) is 6.61 Å². The summed E-state index contributed by atoms with van der Waals surface area (Å²) >= 11 is 0. The molecule has 2 rings (SSSR count). The smallest absolute Gasteiger partial charge is 0.194 e. The van der Waals surface area contributed by atoms with Crippen LogP contribution in [0.5, 0.6) is 0 Å². The summed E-state index contributed by atoms with van der Waals surface area (Å²) in [6, 6.07) is 12.9. The van der Waals surface area contributed by atoms with Gasteiger partial charge in [-0.05, 0) is 31.0 Å². The molecule has 0 radical (unpaired) electrons. The highest BCUT2D eigenvalue weighted by Gasteiger charge is 2.16. The van der Waals surface area contributed by atoms with E-state index in [9.17, 15) is 4.79 Å².